The van der Waals surface area contributed by atoms with Crippen molar-refractivity contribution >= 4 is 48.9 Å². The molecular formula is C25H27Br2IN2. The topological polar surface area (TPSA) is 6.25 Å². The summed E-state index contributed by atoms with van der Waals surface area (Å²) in [6.45, 7) is 9.20. The van der Waals surface area contributed by atoms with E-state index in [2.05, 4.69) is 138 Å². The minimum absolute atomic E-state index is 0. The van der Waals surface area contributed by atoms with Crippen molar-refractivity contribution < 1.29 is 28.6 Å². The number of benzene rings is 2. The van der Waals surface area contributed by atoms with Crippen molar-refractivity contribution in [2.45, 2.75) is 38.5 Å². The smallest absolute Gasteiger partial charge is 0.209 e. The monoisotopic (exact) mass is 640 g/mol. The Morgan fingerprint density at radius 3 is 2.17 bits per heavy atom. The van der Waals surface area contributed by atoms with E-state index in [1.54, 1.807) is 0 Å². The molecule has 0 saturated heterocycles. The molecule has 0 saturated carbocycles. The lowest BCUT2D eigenvalue weighted by Crippen LogP contribution is -3.00. The van der Waals surface area contributed by atoms with Crippen molar-refractivity contribution in [1.82, 2.24) is 0 Å². The number of allylic oxidation sites excluding steroid dienone is 4. The van der Waals surface area contributed by atoms with Crippen molar-refractivity contribution in [3.63, 3.8) is 0 Å². The molecule has 2 aliphatic heterocycles. The van der Waals surface area contributed by atoms with Gasteiger partial charge in [-0.2, -0.15) is 4.58 Å². The summed E-state index contributed by atoms with van der Waals surface area (Å²) in [5.74, 6) is 0. The molecule has 0 bridgehead atoms. The van der Waals surface area contributed by atoms with Crippen LogP contribution in [0.4, 0.5) is 11.4 Å². The van der Waals surface area contributed by atoms with Crippen molar-refractivity contribution in [1.29, 1.82) is 0 Å². The van der Waals surface area contributed by atoms with Gasteiger partial charge in [-0.15, -0.1) is 0 Å². The summed E-state index contributed by atoms with van der Waals surface area (Å²) < 4.78 is 4.57. The van der Waals surface area contributed by atoms with E-state index in [-0.39, 0.29) is 34.8 Å². The van der Waals surface area contributed by atoms with Gasteiger partial charge in [-0.25, -0.2) is 0 Å². The molecular weight excluding hydrogens is 615 g/mol. The first-order chi connectivity index (χ1) is 13.5. The number of halogens is 3. The fourth-order valence-electron chi connectivity index (χ4n) is 4.85. The van der Waals surface area contributed by atoms with Crippen LogP contribution in [0.1, 0.15) is 38.8 Å². The first kappa shape index (κ1) is 23.7. The second-order valence-electron chi connectivity index (χ2n) is 8.99. The van der Waals surface area contributed by atoms with Crippen molar-refractivity contribution in [2.75, 3.05) is 19.0 Å². The summed E-state index contributed by atoms with van der Waals surface area (Å²) in [6, 6.07) is 13.1. The van der Waals surface area contributed by atoms with Crippen molar-refractivity contribution in [3.05, 3.63) is 80.4 Å². The second kappa shape index (κ2) is 8.21. The molecule has 0 aliphatic carbocycles. The minimum atomic E-state index is -0.0339. The van der Waals surface area contributed by atoms with Crippen LogP contribution in [0.2, 0.25) is 0 Å². The largest absolute Gasteiger partial charge is 1.00 e. The third-order valence-corrected chi connectivity index (χ3v) is 7.48. The summed E-state index contributed by atoms with van der Waals surface area (Å²) in [6.07, 6.45) is 6.75. The lowest BCUT2D eigenvalue weighted by atomic mass is 9.81. The fourth-order valence-corrected chi connectivity index (χ4v) is 5.57. The molecule has 158 valence electrons. The molecule has 0 fully saturated rings. The van der Waals surface area contributed by atoms with Crippen molar-refractivity contribution in [3.8, 4) is 0 Å². The van der Waals surface area contributed by atoms with Crippen molar-refractivity contribution in [2.24, 2.45) is 0 Å². The Balaban J connectivity index is 0.00000256. The molecule has 2 nitrogen and oxygen atoms in total. The van der Waals surface area contributed by atoms with Crippen LogP contribution in [0.3, 0.4) is 0 Å². The molecule has 5 heteroatoms. The van der Waals surface area contributed by atoms with Gasteiger partial charge in [0, 0.05) is 50.5 Å². The Bertz CT molecular complexity index is 1110. The molecule has 0 atom stereocenters. The van der Waals surface area contributed by atoms with Gasteiger partial charge in [-0.1, -0.05) is 51.8 Å². The SMILES string of the molecule is CN1/C(=C\C=C\C2=[N+](C)c3ccc(Br)cc3C2(C)C)C(C)(C)c2cc(Br)ccc21.[I-]. The van der Waals surface area contributed by atoms with E-state index in [0.717, 1.165) is 8.95 Å². The highest BCUT2D eigenvalue weighted by atomic mass is 127. The Morgan fingerprint density at radius 2 is 1.50 bits per heavy atom. The Hall–Kier alpha value is -0.920. The summed E-state index contributed by atoms with van der Waals surface area (Å²) in [7, 11) is 4.32. The molecule has 0 aromatic heterocycles. The molecule has 0 radical (unpaired) electrons. The number of hydrogen-bond acceptors (Lipinski definition) is 1. The summed E-state index contributed by atoms with van der Waals surface area (Å²) in [5.41, 5.74) is 7.82. The molecule has 4 rings (SSSR count). The summed E-state index contributed by atoms with van der Waals surface area (Å²) in [5, 5.41) is 0. The lowest BCUT2D eigenvalue weighted by Gasteiger charge is -2.23. The molecule has 0 N–H and O–H groups in total. The van der Waals surface area contributed by atoms with Gasteiger partial charge in [0.2, 0.25) is 5.69 Å². The number of hydrogen-bond donors (Lipinski definition) is 0. The van der Waals surface area contributed by atoms with Gasteiger partial charge in [-0.3, -0.25) is 0 Å². The first-order valence-electron chi connectivity index (χ1n) is 9.89. The van der Waals surface area contributed by atoms with E-state index in [1.807, 2.05) is 0 Å². The van der Waals surface area contributed by atoms with Gasteiger partial charge in [0.05, 0.1) is 5.41 Å². The number of likely N-dealkylation sites (N-methyl/N-ethyl adjacent to an activating group) is 1. The third kappa shape index (κ3) is 3.65. The zero-order chi connectivity index (χ0) is 21.1. The molecule has 2 aromatic carbocycles. The van der Waals surface area contributed by atoms with E-state index in [4.69, 9.17) is 0 Å². The average molecular weight is 642 g/mol. The Morgan fingerprint density at radius 1 is 0.900 bits per heavy atom. The van der Waals surface area contributed by atoms with Crippen LogP contribution >= 0.6 is 31.9 Å². The van der Waals surface area contributed by atoms with E-state index >= 15 is 0 Å². The van der Waals surface area contributed by atoms with Crippen LogP contribution in [0.15, 0.2) is 69.3 Å². The number of rotatable bonds is 2. The van der Waals surface area contributed by atoms with E-state index < -0.39 is 0 Å². The maximum atomic E-state index is 3.63. The highest BCUT2D eigenvalue weighted by Crippen LogP contribution is 2.47. The van der Waals surface area contributed by atoms with Gasteiger partial charge in [0.1, 0.15) is 7.05 Å². The predicted molar refractivity (Wildman–Crippen MR) is 131 cm³/mol. The molecule has 0 amide bonds. The predicted octanol–water partition coefficient (Wildman–Crippen LogP) is 4.09. The van der Waals surface area contributed by atoms with E-state index in [0.29, 0.717) is 0 Å². The maximum absolute atomic E-state index is 3.63. The maximum Gasteiger partial charge on any atom is 0.209 e. The molecule has 2 aliphatic rings. The van der Waals surface area contributed by atoms with Gasteiger partial charge in [-0.05, 0) is 55.8 Å². The van der Waals surface area contributed by atoms with Crippen LogP contribution in [0.5, 0.6) is 0 Å². The average Bonchev–Trinajstić information content (AvgIpc) is 2.95. The molecule has 0 unspecified atom stereocenters. The fraction of sp³-hybridized carbons (Fsp3) is 0.320. The molecule has 0 spiro atoms. The third-order valence-electron chi connectivity index (χ3n) is 6.50. The minimum Gasteiger partial charge on any atom is -1.00 e. The van der Waals surface area contributed by atoms with Crippen LogP contribution in [-0.2, 0) is 10.8 Å². The van der Waals surface area contributed by atoms with Crippen LogP contribution in [0.25, 0.3) is 0 Å². The van der Waals surface area contributed by atoms with E-state index in [9.17, 15) is 0 Å². The zero-order valence-electron chi connectivity index (χ0n) is 18.2. The normalized spacial score (nSPS) is 20.0. The van der Waals surface area contributed by atoms with Gasteiger partial charge < -0.3 is 28.9 Å². The lowest BCUT2D eigenvalue weighted by molar-refractivity contribution is -0.401. The Labute approximate surface area is 214 Å². The standard InChI is InChI=1S/C25H27Br2N2.HI/c1-24(2)18-14-16(26)10-12-20(18)28(5)22(24)8-7-9-23-25(3,4)19-15-17(27)11-13-21(19)29(23)6;/h7-15H,1-6H3;1H/q+1;/p-1. The van der Waals surface area contributed by atoms with Gasteiger partial charge in [0.15, 0.2) is 5.71 Å². The molecule has 2 aromatic rings. The first-order valence-corrected chi connectivity index (χ1v) is 11.5. The number of nitrogens with zero attached hydrogens (tertiary/aromatic N) is 2. The molecule has 30 heavy (non-hydrogen) atoms. The quantitative estimate of drug-likeness (QED) is 0.354. The summed E-state index contributed by atoms with van der Waals surface area (Å²) >= 11 is 7.26. The van der Waals surface area contributed by atoms with Crippen LogP contribution < -0.4 is 28.9 Å². The van der Waals surface area contributed by atoms with E-state index in [1.165, 1.54) is 33.9 Å². The number of anilines is 1. The molecule has 2 heterocycles. The second-order valence-corrected chi connectivity index (χ2v) is 10.8. The van der Waals surface area contributed by atoms with Gasteiger partial charge in [0.25, 0.3) is 0 Å². The highest BCUT2D eigenvalue weighted by Gasteiger charge is 2.43. The van der Waals surface area contributed by atoms with Gasteiger partial charge >= 0.3 is 0 Å². The summed E-state index contributed by atoms with van der Waals surface area (Å²) in [4.78, 5) is 2.31. The Kier molecular flexibility index (Phi) is 6.50. The zero-order valence-corrected chi connectivity index (χ0v) is 23.6. The number of fused-ring (bicyclic) bond motifs is 2. The van der Waals surface area contributed by atoms with Crippen LogP contribution in [0, 0.1) is 0 Å². The highest BCUT2D eigenvalue weighted by molar-refractivity contribution is 9.10. The van der Waals surface area contributed by atoms with Crippen LogP contribution in [-0.4, -0.2) is 24.4 Å².